The second kappa shape index (κ2) is 9.24. The molecule has 0 spiro atoms. The van der Waals surface area contributed by atoms with Crippen LogP contribution in [0.4, 0.5) is 18.0 Å². The van der Waals surface area contributed by atoms with E-state index in [1.54, 1.807) is 23.7 Å². The van der Waals surface area contributed by atoms with Gasteiger partial charge in [0.1, 0.15) is 11.7 Å². The fourth-order valence-electron chi connectivity index (χ4n) is 6.26. The molecule has 202 valence electrons. The molecule has 3 fully saturated rings. The molecule has 3 amide bonds. The molecule has 38 heavy (non-hydrogen) atoms. The van der Waals surface area contributed by atoms with Crippen molar-refractivity contribution in [1.82, 2.24) is 40.4 Å². The Labute approximate surface area is 215 Å². The number of nitrogens with zero attached hydrogens (tertiary/aromatic N) is 6. The van der Waals surface area contributed by atoms with E-state index >= 15 is 0 Å². The predicted molar refractivity (Wildman–Crippen MR) is 125 cm³/mol. The van der Waals surface area contributed by atoms with Crippen LogP contribution in [0.25, 0.3) is 5.65 Å². The first-order chi connectivity index (χ1) is 18.2. The lowest BCUT2D eigenvalue weighted by molar-refractivity contribution is -0.149. The molecule has 3 aromatic rings. The number of rotatable bonds is 6. The molecular formula is C24H27F3N8O3. The van der Waals surface area contributed by atoms with Gasteiger partial charge in [-0.25, -0.2) is 18.9 Å². The number of hydrogen-bond donors (Lipinski definition) is 2. The van der Waals surface area contributed by atoms with Crippen molar-refractivity contribution in [3.63, 3.8) is 0 Å². The summed E-state index contributed by atoms with van der Waals surface area (Å²) in [5, 5.41) is 16.9. The van der Waals surface area contributed by atoms with Crippen molar-refractivity contribution in [3.05, 3.63) is 41.1 Å². The molecule has 5 atom stereocenters. The number of imidazole rings is 1. The topological polar surface area (TPSA) is 131 Å². The van der Waals surface area contributed by atoms with E-state index in [1.165, 1.54) is 25.5 Å². The molecule has 1 saturated heterocycles. The van der Waals surface area contributed by atoms with Crippen LogP contribution in [-0.2, 0) is 6.54 Å². The van der Waals surface area contributed by atoms with Crippen molar-refractivity contribution in [2.24, 2.45) is 17.8 Å². The second-order valence-electron chi connectivity index (χ2n) is 10.6. The Morgan fingerprint density at radius 3 is 2.68 bits per heavy atom. The summed E-state index contributed by atoms with van der Waals surface area (Å²) < 4.78 is 45.4. The number of carbonyl (C=O) groups excluding carboxylic acids is 2. The third kappa shape index (κ3) is 4.56. The van der Waals surface area contributed by atoms with E-state index in [4.69, 9.17) is 9.61 Å². The van der Waals surface area contributed by atoms with Crippen LogP contribution in [-0.4, -0.2) is 60.5 Å². The monoisotopic (exact) mass is 532 g/mol. The number of hydrogen-bond acceptors (Lipinski definition) is 7. The molecule has 0 bridgehead atoms. The number of aryl methyl sites for hydroxylation is 1. The third-order valence-corrected chi connectivity index (χ3v) is 8.12. The Morgan fingerprint density at radius 1 is 1.26 bits per heavy atom. The van der Waals surface area contributed by atoms with Crippen LogP contribution >= 0.6 is 0 Å². The Kier molecular flexibility index (Phi) is 5.99. The molecule has 14 heteroatoms. The molecule has 2 aliphatic carbocycles. The lowest BCUT2D eigenvalue weighted by Gasteiger charge is -2.23. The normalized spacial score (nSPS) is 26.1. The minimum Gasteiger partial charge on any atom is -0.342 e. The molecule has 4 heterocycles. The fraction of sp³-hybridized carbons (Fsp3) is 0.583. The Hall–Kier alpha value is -3.71. The van der Waals surface area contributed by atoms with Crippen LogP contribution in [0.2, 0.25) is 0 Å². The molecule has 0 radical (unpaired) electrons. The van der Waals surface area contributed by atoms with Gasteiger partial charge < -0.3 is 15.5 Å². The third-order valence-electron chi connectivity index (χ3n) is 8.12. The lowest BCUT2D eigenvalue weighted by Crippen LogP contribution is -2.40. The molecule has 0 aromatic carbocycles. The first-order valence-electron chi connectivity index (χ1n) is 12.7. The Balaban J connectivity index is 1.25. The van der Waals surface area contributed by atoms with Crippen molar-refractivity contribution in [2.75, 3.05) is 6.54 Å². The maximum absolute atomic E-state index is 13.1. The number of halogens is 3. The lowest BCUT2D eigenvalue weighted by atomic mass is 9.92. The quantitative estimate of drug-likeness (QED) is 0.499. The molecule has 2 saturated carbocycles. The summed E-state index contributed by atoms with van der Waals surface area (Å²) in [6, 6.07) is -1.36. The van der Waals surface area contributed by atoms with Crippen molar-refractivity contribution >= 4 is 17.6 Å². The van der Waals surface area contributed by atoms with Crippen LogP contribution in [0.15, 0.2) is 23.1 Å². The van der Waals surface area contributed by atoms with Gasteiger partial charge in [0.2, 0.25) is 0 Å². The van der Waals surface area contributed by atoms with Crippen molar-refractivity contribution in [3.8, 4) is 0 Å². The largest absolute Gasteiger partial charge is 0.410 e. The van der Waals surface area contributed by atoms with Gasteiger partial charge in [-0.3, -0.25) is 4.79 Å². The van der Waals surface area contributed by atoms with Gasteiger partial charge in [0, 0.05) is 6.54 Å². The number of alkyl halides is 3. The maximum atomic E-state index is 13.1. The van der Waals surface area contributed by atoms with Crippen LogP contribution in [0, 0.1) is 24.7 Å². The van der Waals surface area contributed by atoms with E-state index in [-0.39, 0.29) is 24.2 Å². The molecule has 3 aromatic heterocycles. The highest BCUT2D eigenvalue weighted by atomic mass is 19.4. The molecule has 3 aliphatic rings. The van der Waals surface area contributed by atoms with Gasteiger partial charge in [-0.2, -0.15) is 18.3 Å². The molecule has 6 rings (SSSR count). The van der Waals surface area contributed by atoms with E-state index in [2.05, 4.69) is 20.7 Å². The highest BCUT2D eigenvalue weighted by molar-refractivity contribution is 5.93. The van der Waals surface area contributed by atoms with E-state index in [0.717, 1.165) is 17.7 Å². The van der Waals surface area contributed by atoms with Crippen LogP contribution in [0.5, 0.6) is 0 Å². The highest BCUT2D eigenvalue weighted by Crippen LogP contribution is 2.50. The SMILES string of the molecule is Cc1nonc1C(=O)N[C@@H](c1cn2ncc(CN3C[C@@H](C(F)(F)F)NC3=O)cc2n1)[C@H]1C[C@H]2CCC[C@H]2C1. The van der Waals surface area contributed by atoms with Crippen LogP contribution in [0.3, 0.4) is 0 Å². The fourth-order valence-corrected chi connectivity index (χ4v) is 6.26. The first kappa shape index (κ1) is 24.6. The summed E-state index contributed by atoms with van der Waals surface area (Å²) in [6.07, 6.45) is 4.36. The zero-order valence-corrected chi connectivity index (χ0v) is 20.6. The van der Waals surface area contributed by atoms with Crippen molar-refractivity contribution < 1.29 is 27.4 Å². The standard InChI is InChI=1S/C24H27F3N8O3/c1-12-20(33-38-32-12)22(36)31-21(16-6-14-3-2-4-15(14)7-16)17-10-35-19(29-17)5-13(8-28-35)9-34-11-18(24(25,26)27)30-23(34)37/h5,8,10,14-16,18,21H,2-4,6-7,9,11H2,1H3,(H,30,37)(H,31,36)/t14-,15+,16+,18-,21+/m0/s1. The zero-order chi connectivity index (χ0) is 26.6. The molecule has 1 aliphatic heterocycles. The molecule has 2 N–H and O–H groups in total. The number of fused-ring (bicyclic) bond motifs is 2. The van der Waals surface area contributed by atoms with Gasteiger partial charge in [-0.15, -0.1) is 0 Å². The number of amides is 3. The highest BCUT2D eigenvalue weighted by Gasteiger charge is 2.47. The average Bonchev–Trinajstić information content (AvgIpc) is 3.66. The summed E-state index contributed by atoms with van der Waals surface area (Å²) in [6.45, 7) is 1.14. The number of nitrogens with one attached hydrogen (secondary N) is 2. The minimum atomic E-state index is -4.51. The van der Waals surface area contributed by atoms with E-state index < -0.39 is 30.7 Å². The van der Waals surface area contributed by atoms with Gasteiger partial charge >= 0.3 is 12.2 Å². The minimum absolute atomic E-state index is 0.0330. The average molecular weight is 533 g/mol. The summed E-state index contributed by atoms with van der Waals surface area (Å²) in [5.74, 6) is 1.08. The number of aromatic nitrogens is 5. The van der Waals surface area contributed by atoms with Gasteiger partial charge in [-0.05, 0) is 54.3 Å². The Bertz CT molecular complexity index is 1360. The van der Waals surface area contributed by atoms with Gasteiger partial charge in [-0.1, -0.05) is 24.4 Å². The molecular weight excluding hydrogens is 505 g/mol. The molecule has 0 unspecified atom stereocenters. The number of urea groups is 1. The summed E-state index contributed by atoms with van der Waals surface area (Å²) in [7, 11) is 0. The molecule has 11 nitrogen and oxygen atoms in total. The van der Waals surface area contributed by atoms with Crippen LogP contribution < -0.4 is 10.6 Å². The first-order valence-corrected chi connectivity index (χ1v) is 12.7. The summed E-state index contributed by atoms with van der Waals surface area (Å²) in [4.78, 5) is 31.0. The van der Waals surface area contributed by atoms with E-state index in [1.807, 2.05) is 5.32 Å². The number of carbonyl (C=O) groups is 2. The van der Waals surface area contributed by atoms with Gasteiger partial charge in [0.05, 0.1) is 30.7 Å². The maximum Gasteiger partial charge on any atom is 0.410 e. The van der Waals surface area contributed by atoms with Gasteiger partial charge in [0.25, 0.3) is 5.91 Å². The van der Waals surface area contributed by atoms with Crippen molar-refractivity contribution in [2.45, 2.75) is 63.8 Å². The van der Waals surface area contributed by atoms with Gasteiger partial charge in [0.15, 0.2) is 11.3 Å². The van der Waals surface area contributed by atoms with E-state index in [0.29, 0.717) is 34.4 Å². The smallest absolute Gasteiger partial charge is 0.342 e. The van der Waals surface area contributed by atoms with Crippen molar-refractivity contribution in [1.29, 1.82) is 0 Å². The Morgan fingerprint density at radius 2 is 2.03 bits per heavy atom. The predicted octanol–water partition coefficient (Wildman–Crippen LogP) is 3.17. The summed E-state index contributed by atoms with van der Waals surface area (Å²) >= 11 is 0. The van der Waals surface area contributed by atoms with Crippen LogP contribution in [0.1, 0.15) is 65.6 Å². The second-order valence-corrected chi connectivity index (χ2v) is 10.6. The zero-order valence-electron chi connectivity index (χ0n) is 20.6. The summed E-state index contributed by atoms with van der Waals surface area (Å²) in [5.41, 5.74) is 2.18. The van der Waals surface area contributed by atoms with E-state index in [9.17, 15) is 22.8 Å².